The highest BCUT2D eigenvalue weighted by molar-refractivity contribution is 9.10. The smallest absolute Gasteiger partial charge is 0.258 e. The number of rotatable bonds is 0. The minimum Gasteiger partial charge on any atom is -0.288 e. The summed E-state index contributed by atoms with van der Waals surface area (Å²) in [5.41, 5.74) is 1.10. The van der Waals surface area contributed by atoms with E-state index in [1.165, 1.54) is 0 Å². The highest BCUT2D eigenvalue weighted by atomic mass is 79.9. The van der Waals surface area contributed by atoms with Gasteiger partial charge in [-0.05, 0) is 23.6 Å². The van der Waals surface area contributed by atoms with Gasteiger partial charge in [0.05, 0.1) is 0 Å². The van der Waals surface area contributed by atoms with Crippen LogP contribution in [0.5, 0.6) is 0 Å². The van der Waals surface area contributed by atoms with Crippen LogP contribution >= 0.6 is 15.9 Å². The number of nitrogens with one attached hydrogen (secondary N) is 1. The van der Waals surface area contributed by atoms with Crippen LogP contribution in [0, 0.1) is 0 Å². The van der Waals surface area contributed by atoms with Crippen molar-refractivity contribution in [1.29, 1.82) is 0 Å². The zero-order valence-corrected chi connectivity index (χ0v) is 9.67. The largest absolute Gasteiger partial charge is 0.288 e. The number of benzene rings is 2. The predicted octanol–water partition coefficient (Wildman–Crippen LogP) is 2.49. The maximum absolute atomic E-state index is 11.6. The molecule has 2 aromatic carbocycles. The number of carbonyl (C=O) groups is 2. The molecule has 4 heteroatoms. The first-order valence-electron chi connectivity index (χ1n) is 4.75. The van der Waals surface area contributed by atoms with Crippen LogP contribution in [0.2, 0.25) is 0 Å². The second kappa shape index (κ2) is 3.15. The molecule has 2 amide bonds. The van der Waals surface area contributed by atoms with E-state index in [1.807, 2.05) is 18.2 Å². The van der Waals surface area contributed by atoms with Gasteiger partial charge >= 0.3 is 0 Å². The Morgan fingerprint density at radius 3 is 2.38 bits per heavy atom. The molecule has 0 spiro atoms. The lowest BCUT2D eigenvalue weighted by molar-refractivity contribution is 0.0845. The summed E-state index contributed by atoms with van der Waals surface area (Å²) in [4.78, 5) is 23.3. The summed E-state index contributed by atoms with van der Waals surface area (Å²) in [6, 6.07) is 8.95. The molecule has 0 radical (unpaired) electrons. The van der Waals surface area contributed by atoms with Gasteiger partial charge in [-0.15, -0.1) is 0 Å². The molecule has 3 nitrogen and oxygen atoms in total. The van der Waals surface area contributed by atoms with Crippen molar-refractivity contribution in [3.05, 3.63) is 45.9 Å². The molecule has 0 aliphatic carbocycles. The van der Waals surface area contributed by atoms with Gasteiger partial charge in [-0.3, -0.25) is 14.9 Å². The second-order valence-corrected chi connectivity index (χ2v) is 4.46. The highest BCUT2D eigenvalue weighted by Crippen LogP contribution is 2.31. The Balaban J connectivity index is 2.57. The van der Waals surface area contributed by atoms with Crippen molar-refractivity contribution >= 4 is 38.5 Å². The first-order valence-corrected chi connectivity index (χ1v) is 5.54. The predicted molar refractivity (Wildman–Crippen MR) is 63.4 cm³/mol. The number of carbonyl (C=O) groups excluding carboxylic acids is 2. The fourth-order valence-corrected chi connectivity index (χ4v) is 2.45. The van der Waals surface area contributed by atoms with E-state index in [0.717, 1.165) is 15.2 Å². The van der Waals surface area contributed by atoms with Crippen molar-refractivity contribution < 1.29 is 9.59 Å². The molecule has 0 unspecified atom stereocenters. The molecule has 0 saturated heterocycles. The van der Waals surface area contributed by atoms with Gasteiger partial charge in [-0.1, -0.05) is 28.1 Å². The summed E-state index contributed by atoms with van der Waals surface area (Å²) in [6.07, 6.45) is 0. The SMILES string of the molecule is O=C1NC(=O)c2ccc(Br)c3cccc1c23. The first-order chi connectivity index (χ1) is 7.68. The minimum atomic E-state index is -0.332. The van der Waals surface area contributed by atoms with Crippen molar-refractivity contribution in [2.75, 3.05) is 0 Å². The summed E-state index contributed by atoms with van der Waals surface area (Å²) < 4.78 is 0.885. The summed E-state index contributed by atoms with van der Waals surface area (Å²) in [5, 5.41) is 3.94. The monoisotopic (exact) mass is 275 g/mol. The standard InChI is InChI=1S/C12H6BrNO2/c13-9-5-4-8-10-6(9)2-1-3-7(10)11(15)14-12(8)16/h1-5H,(H,14,15,16). The third kappa shape index (κ3) is 1.13. The van der Waals surface area contributed by atoms with Gasteiger partial charge in [-0.2, -0.15) is 0 Å². The summed E-state index contributed by atoms with van der Waals surface area (Å²) in [5.74, 6) is -0.664. The fraction of sp³-hybridized carbons (Fsp3) is 0. The van der Waals surface area contributed by atoms with Gasteiger partial charge in [0.15, 0.2) is 0 Å². The van der Waals surface area contributed by atoms with Crippen LogP contribution in [0.3, 0.4) is 0 Å². The van der Waals surface area contributed by atoms with E-state index >= 15 is 0 Å². The fourth-order valence-electron chi connectivity index (χ4n) is 1.99. The van der Waals surface area contributed by atoms with Gasteiger partial charge in [0.25, 0.3) is 11.8 Å². The Morgan fingerprint density at radius 2 is 1.62 bits per heavy atom. The Kier molecular flexibility index (Phi) is 1.88. The molecule has 0 fully saturated rings. The lowest BCUT2D eigenvalue weighted by atomic mass is 9.95. The van der Waals surface area contributed by atoms with Crippen LogP contribution < -0.4 is 5.32 Å². The average Bonchev–Trinajstić information content (AvgIpc) is 2.27. The number of halogens is 1. The molecule has 0 saturated carbocycles. The van der Waals surface area contributed by atoms with E-state index in [9.17, 15) is 9.59 Å². The van der Waals surface area contributed by atoms with Gasteiger partial charge < -0.3 is 0 Å². The van der Waals surface area contributed by atoms with E-state index in [1.54, 1.807) is 12.1 Å². The zero-order chi connectivity index (χ0) is 11.3. The molecule has 16 heavy (non-hydrogen) atoms. The third-order valence-electron chi connectivity index (χ3n) is 2.70. The molecule has 2 aromatic rings. The first kappa shape index (κ1) is 9.54. The van der Waals surface area contributed by atoms with Crippen LogP contribution in [0.15, 0.2) is 34.8 Å². The molecule has 1 aliphatic rings. The Morgan fingerprint density at radius 1 is 0.938 bits per heavy atom. The Bertz CT molecular complexity index is 629. The summed E-state index contributed by atoms with van der Waals surface area (Å²) >= 11 is 3.42. The van der Waals surface area contributed by atoms with Crippen molar-refractivity contribution in [1.82, 2.24) is 5.32 Å². The molecular weight excluding hydrogens is 270 g/mol. The number of amides is 2. The van der Waals surface area contributed by atoms with Crippen molar-refractivity contribution in [2.24, 2.45) is 0 Å². The molecule has 0 aromatic heterocycles. The molecule has 1 N–H and O–H groups in total. The summed E-state index contributed by atoms with van der Waals surface area (Å²) in [6.45, 7) is 0. The van der Waals surface area contributed by atoms with Crippen LogP contribution in [0.4, 0.5) is 0 Å². The summed E-state index contributed by atoms with van der Waals surface area (Å²) in [7, 11) is 0. The molecule has 78 valence electrons. The van der Waals surface area contributed by atoms with Gasteiger partial charge in [0.2, 0.25) is 0 Å². The van der Waals surface area contributed by atoms with Crippen molar-refractivity contribution in [2.45, 2.75) is 0 Å². The van der Waals surface area contributed by atoms with Crippen molar-refractivity contribution in [3.63, 3.8) is 0 Å². The van der Waals surface area contributed by atoms with Crippen LogP contribution in [0.1, 0.15) is 20.7 Å². The number of hydrogen-bond acceptors (Lipinski definition) is 2. The maximum Gasteiger partial charge on any atom is 0.258 e. The molecule has 0 atom stereocenters. The van der Waals surface area contributed by atoms with E-state index < -0.39 is 0 Å². The van der Waals surface area contributed by atoms with Gasteiger partial charge in [0.1, 0.15) is 0 Å². The molecule has 1 aliphatic heterocycles. The molecule has 1 heterocycles. The van der Waals surface area contributed by atoms with Gasteiger partial charge in [0, 0.05) is 21.0 Å². The molecular formula is C12H6BrNO2. The van der Waals surface area contributed by atoms with Crippen LogP contribution in [-0.2, 0) is 0 Å². The Hall–Kier alpha value is -1.68. The van der Waals surface area contributed by atoms with E-state index in [0.29, 0.717) is 11.1 Å². The van der Waals surface area contributed by atoms with Crippen molar-refractivity contribution in [3.8, 4) is 0 Å². The number of imide groups is 1. The molecule has 0 bridgehead atoms. The van der Waals surface area contributed by atoms with E-state index in [4.69, 9.17) is 0 Å². The lowest BCUT2D eigenvalue weighted by Gasteiger charge is -2.16. The minimum absolute atomic E-state index is 0.332. The number of hydrogen-bond donors (Lipinski definition) is 1. The second-order valence-electron chi connectivity index (χ2n) is 3.61. The topological polar surface area (TPSA) is 46.2 Å². The third-order valence-corrected chi connectivity index (χ3v) is 3.40. The normalized spacial score (nSPS) is 14.1. The van der Waals surface area contributed by atoms with E-state index in [2.05, 4.69) is 21.2 Å². The Labute approximate surface area is 99.6 Å². The van der Waals surface area contributed by atoms with Gasteiger partial charge in [-0.25, -0.2) is 0 Å². The quantitative estimate of drug-likeness (QED) is 0.751. The van der Waals surface area contributed by atoms with Crippen LogP contribution in [0.25, 0.3) is 10.8 Å². The molecule has 3 rings (SSSR count). The average molecular weight is 276 g/mol. The maximum atomic E-state index is 11.6. The zero-order valence-electron chi connectivity index (χ0n) is 8.08. The highest BCUT2D eigenvalue weighted by Gasteiger charge is 2.24. The lowest BCUT2D eigenvalue weighted by Crippen LogP contribution is -2.34. The van der Waals surface area contributed by atoms with E-state index in [-0.39, 0.29) is 11.8 Å². The van der Waals surface area contributed by atoms with Crippen LogP contribution in [-0.4, -0.2) is 11.8 Å².